The molecule has 106 valence electrons. The maximum absolute atomic E-state index is 11.8. The molecule has 7 heteroatoms. The first kappa shape index (κ1) is 14.3. The summed E-state index contributed by atoms with van der Waals surface area (Å²) < 4.78 is 24.9. The highest BCUT2D eigenvalue weighted by molar-refractivity contribution is 7.92. The lowest BCUT2D eigenvalue weighted by molar-refractivity contribution is -0.115. The normalized spacial score (nSPS) is 14.3. The first-order chi connectivity index (χ1) is 9.41. The molecule has 0 aromatic heterocycles. The van der Waals surface area contributed by atoms with Gasteiger partial charge in [0, 0.05) is 12.2 Å². The molecule has 1 heterocycles. The maximum Gasteiger partial charge on any atom is 0.238 e. The van der Waals surface area contributed by atoms with Crippen LogP contribution in [-0.2, 0) is 21.2 Å². The molecule has 0 saturated carbocycles. The van der Waals surface area contributed by atoms with Crippen LogP contribution in [0.5, 0.6) is 0 Å². The number of rotatable bonds is 3. The van der Waals surface area contributed by atoms with E-state index in [4.69, 9.17) is 5.26 Å². The van der Waals surface area contributed by atoms with Crippen LogP contribution in [0.2, 0.25) is 0 Å². The van der Waals surface area contributed by atoms with Gasteiger partial charge in [0.25, 0.3) is 0 Å². The fourth-order valence-electron chi connectivity index (χ4n) is 2.24. The summed E-state index contributed by atoms with van der Waals surface area (Å²) in [7, 11) is -3.33. The number of anilines is 2. The van der Waals surface area contributed by atoms with Crippen LogP contribution in [0.15, 0.2) is 18.2 Å². The van der Waals surface area contributed by atoms with Gasteiger partial charge in [-0.15, -0.1) is 0 Å². The molecule has 0 aliphatic carbocycles. The van der Waals surface area contributed by atoms with Gasteiger partial charge in [0.2, 0.25) is 15.9 Å². The lowest BCUT2D eigenvalue weighted by Crippen LogP contribution is -2.34. The van der Waals surface area contributed by atoms with Crippen LogP contribution >= 0.6 is 0 Å². The summed E-state index contributed by atoms with van der Waals surface area (Å²) in [6, 6.07) is 6.94. The van der Waals surface area contributed by atoms with E-state index in [0.29, 0.717) is 17.9 Å². The average Bonchev–Trinajstić information content (AvgIpc) is 2.37. The van der Waals surface area contributed by atoms with Gasteiger partial charge >= 0.3 is 0 Å². The highest BCUT2D eigenvalue weighted by atomic mass is 32.2. The number of hydrogen-bond acceptors (Lipinski definition) is 4. The fourth-order valence-corrected chi connectivity index (χ4v) is 3.23. The summed E-state index contributed by atoms with van der Waals surface area (Å²) in [4.78, 5) is 11.4. The Morgan fingerprint density at radius 2 is 2.25 bits per heavy atom. The van der Waals surface area contributed by atoms with Gasteiger partial charge in [-0.2, -0.15) is 5.26 Å². The van der Waals surface area contributed by atoms with Crippen LogP contribution in [0.3, 0.4) is 0 Å². The van der Waals surface area contributed by atoms with Crippen molar-refractivity contribution in [3.63, 3.8) is 0 Å². The Morgan fingerprint density at radius 3 is 2.90 bits per heavy atom. The molecule has 0 fully saturated rings. The Labute approximate surface area is 118 Å². The standard InChI is InChI=1S/C13H15N3O3S/c1-20(18,19)16-8-2-3-10-4-5-11(9-12(10)16)15-13(17)6-7-14/h4-5,9H,2-3,6,8H2,1H3,(H,15,17). The number of amides is 1. The topological polar surface area (TPSA) is 90.3 Å². The van der Waals surface area contributed by atoms with E-state index >= 15 is 0 Å². The molecule has 0 radical (unpaired) electrons. The molecule has 2 rings (SSSR count). The van der Waals surface area contributed by atoms with E-state index < -0.39 is 15.9 Å². The lowest BCUT2D eigenvalue weighted by atomic mass is 10.0. The first-order valence-corrected chi connectivity index (χ1v) is 8.04. The van der Waals surface area contributed by atoms with E-state index in [1.54, 1.807) is 18.2 Å². The quantitative estimate of drug-likeness (QED) is 0.908. The van der Waals surface area contributed by atoms with E-state index in [9.17, 15) is 13.2 Å². The Balaban J connectivity index is 2.33. The molecule has 0 spiro atoms. The largest absolute Gasteiger partial charge is 0.325 e. The monoisotopic (exact) mass is 293 g/mol. The summed E-state index contributed by atoms with van der Waals surface area (Å²) in [6.45, 7) is 0.446. The molecule has 0 bridgehead atoms. The molecule has 0 saturated heterocycles. The van der Waals surface area contributed by atoms with E-state index in [0.717, 1.165) is 18.4 Å². The van der Waals surface area contributed by atoms with Gasteiger partial charge in [0.1, 0.15) is 6.42 Å². The molecule has 0 unspecified atom stereocenters. The van der Waals surface area contributed by atoms with Crippen molar-refractivity contribution in [1.82, 2.24) is 0 Å². The molecule has 1 aromatic carbocycles. The molecule has 1 N–H and O–H groups in total. The zero-order valence-electron chi connectivity index (χ0n) is 11.1. The van der Waals surface area contributed by atoms with E-state index in [1.807, 2.05) is 6.07 Å². The van der Waals surface area contributed by atoms with Crippen molar-refractivity contribution in [3.05, 3.63) is 23.8 Å². The van der Waals surface area contributed by atoms with E-state index in [-0.39, 0.29) is 6.42 Å². The zero-order chi connectivity index (χ0) is 14.8. The van der Waals surface area contributed by atoms with Gasteiger partial charge in [0.15, 0.2) is 0 Å². The van der Waals surface area contributed by atoms with Gasteiger partial charge in [-0.25, -0.2) is 8.42 Å². The zero-order valence-corrected chi connectivity index (χ0v) is 11.9. The highest BCUT2D eigenvalue weighted by Gasteiger charge is 2.24. The van der Waals surface area contributed by atoms with Crippen LogP contribution in [0, 0.1) is 11.3 Å². The summed E-state index contributed by atoms with van der Waals surface area (Å²) in [5.41, 5.74) is 2.05. The number of hydrogen-bond donors (Lipinski definition) is 1. The van der Waals surface area contributed by atoms with E-state index in [2.05, 4.69) is 5.32 Å². The Bertz CT molecular complexity index is 677. The van der Waals surface area contributed by atoms with Gasteiger partial charge in [-0.05, 0) is 30.5 Å². The van der Waals surface area contributed by atoms with Gasteiger partial charge < -0.3 is 5.32 Å². The molecule has 1 amide bonds. The Kier molecular flexibility index (Phi) is 3.95. The van der Waals surface area contributed by atoms with Crippen molar-refractivity contribution in [2.75, 3.05) is 22.4 Å². The first-order valence-electron chi connectivity index (χ1n) is 6.19. The molecule has 1 aromatic rings. The summed E-state index contributed by atoms with van der Waals surface area (Å²) in [5.74, 6) is -0.408. The van der Waals surface area contributed by atoms with Crippen molar-refractivity contribution < 1.29 is 13.2 Å². The van der Waals surface area contributed by atoms with Crippen LogP contribution in [-0.4, -0.2) is 27.1 Å². The predicted molar refractivity (Wildman–Crippen MR) is 75.8 cm³/mol. The number of nitriles is 1. The fraction of sp³-hybridized carbons (Fsp3) is 0.385. The maximum atomic E-state index is 11.8. The third-order valence-corrected chi connectivity index (χ3v) is 4.26. The lowest BCUT2D eigenvalue weighted by Gasteiger charge is -2.29. The number of nitrogens with one attached hydrogen (secondary N) is 1. The number of fused-ring (bicyclic) bond motifs is 1. The number of nitrogens with zero attached hydrogens (tertiary/aromatic N) is 2. The van der Waals surface area contributed by atoms with Crippen LogP contribution in [0.25, 0.3) is 0 Å². The molecular weight excluding hydrogens is 278 g/mol. The Hall–Kier alpha value is -2.07. The van der Waals surface area contributed by atoms with E-state index in [1.165, 1.54) is 10.6 Å². The third-order valence-electron chi connectivity index (χ3n) is 3.09. The SMILES string of the molecule is CS(=O)(=O)N1CCCc2ccc(NC(=O)CC#N)cc21. The molecule has 1 aliphatic rings. The van der Waals surface area contributed by atoms with Crippen LogP contribution in [0.4, 0.5) is 11.4 Å². The van der Waals surface area contributed by atoms with Crippen LogP contribution < -0.4 is 9.62 Å². The second kappa shape index (κ2) is 5.51. The van der Waals surface area contributed by atoms with Crippen molar-refractivity contribution in [1.29, 1.82) is 5.26 Å². The number of benzene rings is 1. The number of carbonyl (C=O) groups is 1. The molecular formula is C13H15N3O3S. The van der Waals surface area contributed by atoms with Gasteiger partial charge in [-0.3, -0.25) is 9.10 Å². The van der Waals surface area contributed by atoms with Crippen LogP contribution in [0.1, 0.15) is 18.4 Å². The van der Waals surface area contributed by atoms with Crippen molar-refractivity contribution >= 4 is 27.3 Å². The number of carbonyl (C=O) groups excluding carboxylic acids is 1. The minimum Gasteiger partial charge on any atom is -0.325 e. The summed E-state index contributed by atoms with van der Waals surface area (Å²) >= 11 is 0. The highest BCUT2D eigenvalue weighted by Crippen LogP contribution is 2.31. The van der Waals surface area contributed by atoms with Crippen molar-refractivity contribution in [2.45, 2.75) is 19.3 Å². The third kappa shape index (κ3) is 3.08. The summed E-state index contributed by atoms with van der Waals surface area (Å²) in [5, 5.41) is 11.0. The number of aryl methyl sites for hydroxylation is 1. The molecule has 6 nitrogen and oxygen atoms in total. The predicted octanol–water partition coefficient (Wildman–Crippen LogP) is 1.25. The average molecular weight is 293 g/mol. The molecule has 1 aliphatic heterocycles. The van der Waals surface area contributed by atoms with Crippen molar-refractivity contribution in [3.8, 4) is 6.07 Å². The minimum absolute atomic E-state index is 0.229. The molecule has 0 atom stereocenters. The summed E-state index contributed by atoms with van der Waals surface area (Å²) in [6.07, 6.45) is 2.53. The van der Waals surface area contributed by atoms with Crippen molar-refractivity contribution in [2.24, 2.45) is 0 Å². The van der Waals surface area contributed by atoms with Gasteiger partial charge in [0.05, 0.1) is 18.0 Å². The second-order valence-corrected chi connectivity index (χ2v) is 6.57. The number of sulfonamides is 1. The molecule has 20 heavy (non-hydrogen) atoms. The Morgan fingerprint density at radius 1 is 1.50 bits per heavy atom. The minimum atomic E-state index is -3.33. The second-order valence-electron chi connectivity index (χ2n) is 4.67. The smallest absolute Gasteiger partial charge is 0.238 e. The van der Waals surface area contributed by atoms with Gasteiger partial charge in [-0.1, -0.05) is 6.07 Å².